The molecular formula is C23H28N2O3S. The predicted molar refractivity (Wildman–Crippen MR) is 116 cm³/mol. The number of para-hydroxylation sites is 1. The summed E-state index contributed by atoms with van der Waals surface area (Å²) in [5.41, 5.74) is 1.76. The molecule has 1 aromatic heterocycles. The summed E-state index contributed by atoms with van der Waals surface area (Å²) in [6.45, 7) is 1.52. The van der Waals surface area contributed by atoms with Gasteiger partial charge in [-0.15, -0.1) is 0 Å². The lowest BCUT2D eigenvalue weighted by Gasteiger charge is -2.28. The lowest BCUT2D eigenvalue weighted by molar-refractivity contribution is -0.117. The van der Waals surface area contributed by atoms with Crippen LogP contribution in [0.4, 0.5) is 0 Å². The largest absolute Gasteiger partial charge is 0.494 e. The molecule has 154 valence electrons. The highest BCUT2D eigenvalue weighted by molar-refractivity contribution is 7.10. The first-order valence-corrected chi connectivity index (χ1v) is 11.4. The van der Waals surface area contributed by atoms with Crippen molar-refractivity contribution in [3.8, 4) is 5.75 Å². The zero-order valence-corrected chi connectivity index (χ0v) is 17.4. The van der Waals surface area contributed by atoms with E-state index in [1.165, 1.54) is 37.0 Å². The molecule has 2 aromatic rings. The molecule has 0 aliphatic heterocycles. The SMILES string of the molecule is O=C(NCC1CCC(CCOc2ccccc2)CC1)C1=Cc2sc(=O)[nH]c2CC1. The number of hydrogen-bond acceptors (Lipinski definition) is 4. The van der Waals surface area contributed by atoms with Crippen molar-refractivity contribution in [2.75, 3.05) is 13.2 Å². The van der Waals surface area contributed by atoms with E-state index in [4.69, 9.17) is 4.74 Å². The molecule has 4 rings (SSSR count). The number of aromatic amines is 1. The van der Waals surface area contributed by atoms with Crippen LogP contribution in [0.1, 0.15) is 49.1 Å². The maximum Gasteiger partial charge on any atom is 0.305 e. The van der Waals surface area contributed by atoms with Gasteiger partial charge in [-0.25, -0.2) is 0 Å². The van der Waals surface area contributed by atoms with Crippen LogP contribution in [0.5, 0.6) is 5.75 Å². The Morgan fingerprint density at radius 3 is 2.66 bits per heavy atom. The summed E-state index contributed by atoms with van der Waals surface area (Å²) >= 11 is 1.18. The second-order valence-corrected chi connectivity index (χ2v) is 9.09. The Bertz CT molecular complexity index is 908. The van der Waals surface area contributed by atoms with Crippen molar-refractivity contribution in [3.63, 3.8) is 0 Å². The fourth-order valence-corrected chi connectivity index (χ4v) is 5.13. The van der Waals surface area contributed by atoms with Crippen LogP contribution in [-0.2, 0) is 11.2 Å². The highest BCUT2D eigenvalue weighted by Crippen LogP contribution is 2.31. The van der Waals surface area contributed by atoms with E-state index >= 15 is 0 Å². The van der Waals surface area contributed by atoms with E-state index in [0.717, 1.165) is 53.8 Å². The molecule has 1 fully saturated rings. The number of carbonyl (C=O) groups excluding carboxylic acids is 1. The van der Waals surface area contributed by atoms with Gasteiger partial charge in [0.2, 0.25) is 5.91 Å². The number of fused-ring (bicyclic) bond motifs is 1. The number of benzene rings is 1. The zero-order valence-electron chi connectivity index (χ0n) is 16.6. The third kappa shape index (κ3) is 5.38. The molecule has 1 saturated carbocycles. The van der Waals surface area contributed by atoms with Gasteiger partial charge >= 0.3 is 4.87 Å². The molecule has 2 aliphatic rings. The van der Waals surface area contributed by atoms with Gasteiger partial charge < -0.3 is 15.0 Å². The minimum atomic E-state index is -0.0427. The summed E-state index contributed by atoms with van der Waals surface area (Å²) in [5, 5.41) is 3.12. The van der Waals surface area contributed by atoms with E-state index in [0.29, 0.717) is 12.3 Å². The van der Waals surface area contributed by atoms with Crippen molar-refractivity contribution in [3.05, 3.63) is 56.1 Å². The van der Waals surface area contributed by atoms with Crippen LogP contribution in [0.25, 0.3) is 6.08 Å². The third-order valence-electron chi connectivity index (χ3n) is 6.05. The predicted octanol–water partition coefficient (Wildman–Crippen LogP) is 4.16. The Kier molecular flexibility index (Phi) is 6.49. The van der Waals surface area contributed by atoms with Crippen molar-refractivity contribution >= 4 is 23.3 Å². The number of ether oxygens (including phenoxy) is 1. The number of nitrogens with one attached hydrogen (secondary N) is 2. The van der Waals surface area contributed by atoms with Crippen LogP contribution in [0.15, 0.2) is 40.7 Å². The molecule has 0 spiro atoms. The Hall–Kier alpha value is -2.34. The maximum absolute atomic E-state index is 12.5. The van der Waals surface area contributed by atoms with E-state index in [2.05, 4.69) is 10.3 Å². The summed E-state index contributed by atoms with van der Waals surface area (Å²) in [5.74, 6) is 2.25. The molecule has 1 amide bonds. The van der Waals surface area contributed by atoms with Gasteiger partial charge in [-0.05, 0) is 75.0 Å². The Labute approximate surface area is 175 Å². The average Bonchev–Trinajstić information content (AvgIpc) is 3.13. The zero-order chi connectivity index (χ0) is 20.1. The van der Waals surface area contributed by atoms with Crippen molar-refractivity contribution in [2.45, 2.75) is 44.9 Å². The average molecular weight is 413 g/mol. The minimum absolute atomic E-state index is 0.0230. The molecule has 5 nitrogen and oxygen atoms in total. The number of carbonyl (C=O) groups is 1. The van der Waals surface area contributed by atoms with E-state index < -0.39 is 0 Å². The minimum Gasteiger partial charge on any atom is -0.494 e. The molecule has 1 heterocycles. The van der Waals surface area contributed by atoms with E-state index in [9.17, 15) is 9.59 Å². The number of thiazole rings is 1. The summed E-state index contributed by atoms with van der Waals surface area (Å²) in [7, 11) is 0. The molecule has 0 unspecified atom stereocenters. The number of amides is 1. The van der Waals surface area contributed by atoms with Gasteiger partial charge in [0.25, 0.3) is 0 Å². The molecule has 1 aromatic carbocycles. The maximum atomic E-state index is 12.5. The van der Waals surface area contributed by atoms with Crippen LogP contribution in [0.2, 0.25) is 0 Å². The van der Waals surface area contributed by atoms with Gasteiger partial charge in [0.05, 0.1) is 11.5 Å². The lowest BCUT2D eigenvalue weighted by atomic mass is 9.80. The van der Waals surface area contributed by atoms with E-state index in [1.54, 1.807) is 0 Å². The van der Waals surface area contributed by atoms with Gasteiger partial charge in [-0.1, -0.05) is 29.5 Å². The van der Waals surface area contributed by atoms with E-state index in [1.807, 2.05) is 36.4 Å². The number of aryl methyl sites for hydroxylation is 1. The van der Waals surface area contributed by atoms with Crippen molar-refractivity contribution < 1.29 is 9.53 Å². The summed E-state index contributed by atoms with van der Waals surface area (Å²) < 4.78 is 5.82. The van der Waals surface area contributed by atoms with Crippen molar-refractivity contribution in [2.24, 2.45) is 11.8 Å². The number of rotatable bonds is 7. The van der Waals surface area contributed by atoms with Crippen LogP contribution in [0.3, 0.4) is 0 Å². The highest BCUT2D eigenvalue weighted by Gasteiger charge is 2.23. The topological polar surface area (TPSA) is 71.2 Å². The van der Waals surface area contributed by atoms with Gasteiger partial charge in [0, 0.05) is 17.8 Å². The Morgan fingerprint density at radius 2 is 1.86 bits per heavy atom. The molecule has 0 radical (unpaired) electrons. The van der Waals surface area contributed by atoms with E-state index in [-0.39, 0.29) is 10.8 Å². The number of H-pyrrole nitrogens is 1. The molecule has 0 saturated heterocycles. The highest BCUT2D eigenvalue weighted by atomic mass is 32.1. The summed E-state index contributed by atoms with van der Waals surface area (Å²) in [6.07, 6.45) is 9.16. The molecule has 0 atom stereocenters. The van der Waals surface area contributed by atoms with Gasteiger partial charge in [0.1, 0.15) is 5.75 Å². The quantitative estimate of drug-likeness (QED) is 0.717. The van der Waals surface area contributed by atoms with Crippen LogP contribution < -0.4 is 14.9 Å². The van der Waals surface area contributed by atoms with Crippen molar-refractivity contribution in [1.82, 2.24) is 10.3 Å². The molecule has 2 aliphatic carbocycles. The smallest absolute Gasteiger partial charge is 0.305 e. The fourth-order valence-electron chi connectivity index (χ4n) is 4.28. The van der Waals surface area contributed by atoms with Gasteiger partial charge in [-0.2, -0.15) is 0 Å². The normalized spacial score (nSPS) is 21.2. The monoisotopic (exact) mass is 412 g/mol. The number of hydrogen-bond donors (Lipinski definition) is 2. The third-order valence-corrected chi connectivity index (χ3v) is 6.92. The first kappa shape index (κ1) is 20.0. The van der Waals surface area contributed by atoms with Gasteiger partial charge in [-0.3, -0.25) is 9.59 Å². The first-order valence-electron chi connectivity index (χ1n) is 10.6. The van der Waals surface area contributed by atoms with Crippen molar-refractivity contribution in [1.29, 1.82) is 0 Å². The Morgan fingerprint density at radius 1 is 1.10 bits per heavy atom. The molecular weight excluding hydrogens is 384 g/mol. The fraction of sp³-hybridized carbons (Fsp3) is 0.478. The second kappa shape index (κ2) is 9.44. The first-order chi connectivity index (χ1) is 14.2. The molecule has 2 N–H and O–H groups in total. The van der Waals surface area contributed by atoms with Gasteiger partial charge in [0.15, 0.2) is 0 Å². The Balaban J connectivity index is 1.16. The summed E-state index contributed by atoms with van der Waals surface area (Å²) in [4.78, 5) is 27.7. The van der Waals surface area contributed by atoms with Crippen LogP contribution in [-0.4, -0.2) is 24.0 Å². The van der Waals surface area contributed by atoms with Crippen LogP contribution in [0, 0.1) is 11.8 Å². The summed E-state index contributed by atoms with van der Waals surface area (Å²) in [6, 6.07) is 9.99. The second-order valence-electron chi connectivity index (χ2n) is 8.07. The van der Waals surface area contributed by atoms with Crippen LogP contribution >= 0.6 is 11.3 Å². The lowest BCUT2D eigenvalue weighted by Crippen LogP contribution is -2.32. The molecule has 29 heavy (non-hydrogen) atoms. The number of aromatic nitrogens is 1. The molecule has 0 bridgehead atoms. The standard InChI is InChI=1S/C23H28N2O3S/c26-22(18-10-11-20-21(14-18)29-23(27)25-20)24-15-17-8-6-16(7-9-17)12-13-28-19-4-2-1-3-5-19/h1-5,14,16-17H,6-13,15H2,(H,24,26)(H,25,27). The molecule has 6 heteroatoms.